The first-order valence-corrected chi connectivity index (χ1v) is 4.94. The maximum atomic E-state index is 11.4. The molecule has 0 saturated carbocycles. The second kappa shape index (κ2) is 5.27. The minimum Gasteiger partial charge on any atom is -0.495 e. The van der Waals surface area contributed by atoms with Crippen LogP contribution in [0.1, 0.15) is 15.9 Å². The van der Waals surface area contributed by atoms with E-state index in [0.717, 1.165) is 12.1 Å². The van der Waals surface area contributed by atoms with Gasteiger partial charge in [0.05, 0.1) is 17.9 Å². The summed E-state index contributed by atoms with van der Waals surface area (Å²) in [5.41, 5.74) is -0.626. The van der Waals surface area contributed by atoms with Crippen molar-refractivity contribution in [3.63, 3.8) is 0 Å². The van der Waals surface area contributed by atoms with E-state index >= 15 is 0 Å². The number of ketones is 1. The van der Waals surface area contributed by atoms with Crippen molar-refractivity contribution in [1.82, 2.24) is 0 Å². The van der Waals surface area contributed by atoms with Crippen LogP contribution in [-0.2, 0) is 0 Å². The van der Waals surface area contributed by atoms with E-state index in [9.17, 15) is 14.9 Å². The lowest BCUT2D eigenvalue weighted by atomic mass is 10.1. The van der Waals surface area contributed by atoms with Gasteiger partial charge in [0, 0.05) is 6.07 Å². The van der Waals surface area contributed by atoms with Crippen LogP contribution in [0.4, 0.5) is 5.69 Å². The number of Topliss-reactive ketones (excluding diaryl/α,β-unsaturated/α-hetero) is 1. The lowest BCUT2D eigenvalue weighted by Crippen LogP contribution is -2.06. The second-order valence-corrected chi connectivity index (χ2v) is 3.26. The topological polar surface area (TPSA) is 93.2 Å². The highest BCUT2D eigenvalue weighted by Crippen LogP contribution is 2.28. The minimum atomic E-state index is -0.736. The summed E-state index contributed by atoms with van der Waals surface area (Å²) in [5.74, 6) is -0.872. The molecule has 0 aliphatic rings. The molecule has 0 N–H and O–H groups in total. The fraction of sp³-hybridized carbons (Fsp3) is 0.200. The number of halogens is 1. The van der Waals surface area contributed by atoms with Gasteiger partial charge < -0.3 is 4.74 Å². The third-order valence-corrected chi connectivity index (χ3v) is 2.30. The maximum Gasteiger partial charge on any atom is 0.281 e. The third-order valence-electron chi connectivity index (χ3n) is 2.06. The monoisotopic (exact) mass is 254 g/mol. The number of nitro groups is 1. The number of carbonyl (C=O) groups excluding carboxylic acids is 1. The predicted molar refractivity (Wildman–Crippen MR) is 59.4 cm³/mol. The first-order valence-electron chi connectivity index (χ1n) is 4.40. The summed E-state index contributed by atoms with van der Waals surface area (Å²) in [5, 5.41) is 19.5. The van der Waals surface area contributed by atoms with Crippen LogP contribution in [-0.4, -0.2) is 23.7 Å². The van der Waals surface area contributed by atoms with Crippen LogP contribution in [0.25, 0.3) is 0 Å². The number of hydrogen-bond donors (Lipinski definition) is 0. The average molecular weight is 255 g/mol. The van der Waals surface area contributed by atoms with Crippen molar-refractivity contribution in [2.24, 2.45) is 0 Å². The molecule has 0 fully saturated rings. The molecule has 0 radical (unpaired) electrons. The number of hydrogen-bond acceptors (Lipinski definition) is 5. The van der Waals surface area contributed by atoms with E-state index in [-0.39, 0.29) is 22.8 Å². The van der Waals surface area contributed by atoms with Gasteiger partial charge in [-0.3, -0.25) is 14.9 Å². The van der Waals surface area contributed by atoms with Crippen molar-refractivity contribution < 1.29 is 14.5 Å². The number of ether oxygens (including phenoxy) is 1. The van der Waals surface area contributed by atoms with Gasteiger partial charge in [0.2, 0.25) is 0 Å². The van der Waals surface area contributed by atoms with Crippen LogP contribution >= 0.6 is 11.6 Å². The number of nitro benzene ring substituents is 1. The highest BCUT2D eigenvalue weighted by atomic mass is 35.5. The first kappa shape index (κ1) is 12.9. The quantitative estimate of drug-likeness (QED) is 0.354. The van der Waals surface area contributed by atoms with Crippen LogP contribution in [0.3, 0.4) is 0 Å². The SMILES string of the molecule is COc1cc(C(=O)CCl)c([N+](=O)[O-])cc1C#N. The van der Waals surface area contributed by atoms with Crippen molar-refractivity contribution in [1.29, 1.82) is 5.26 Å². The third kappa shape index (κ3) is 2.52. The summed E-state index contributed by atoms with van der Waals surface area (Å²) < 4.78 is 4.87. The molecule has 0 aromatic heterocycles. The molecule has 6 nitrogen and oxygen atoms in total. The molecule has 17 heavy (non-hydrogen) atoms. The number of methoxy groups -OCH3 is 1. The molecule has 1 aromatic carbocycles. The molecule has 1 rings (SSSR count). The van der Waals surface area contributed by atoms with Crippen molar-refractivity contribution in [2.75, 3.05) is 13.0 Å². The largest absolute Gasteiger partial charge is 0.495 e. The molecule has 1 aromatic rings. The molecule has 7 heteroatoms. The molecule has 0 bridgehead atoms. The molecule has 0 unspecified atom stereocenters. The summed E-state index contributed by atoms with van der Waals surface area (Å²) in [7, 11) is 1.30. The van der Waals surface area contributed by atoms with Gasteiger partial charge in [-0.25, -0.2) is 0 Å². The molecule has 0 atom stereocenters. The highest BCUT2D eigenvalue weighted by molar-refractivity contribution is 6.31. The first-order chi connectivity index (χ1) is 8.04. The Hall–Kier alpha value is -2.13. The molecule has 88 valence electrons. The van der Waals surface area contributed by atoms with E-state index in [1.807, 2.05) is 0 Å². The van der Waals surface area contributed by atoms with Gasteiger partial charge in [0.1, 0.15) is 22.9 Å². The van der Waals surface area contributed by atoms with Crippen LogP contribution in [0.15, 0.2) is 12.1 Å². The highest BCUT2D eigenvalue weighted by Gasteiger charge is 2.23. The average Bonchev–Trinajstić information content (AvgIpc) is 2.35. The Kier molecular flexibility index (Phi) is 4.01. The molecule has 0 heterocycles. The lowest BCUT2D eigenvalue weighted by Gasteiger charge is -2.05. The van der Waals surface area contributed by atoms with Crippen LogP contribution < -0.4 is 4.74 Å². The van der Waals surface area contributed by atoms with E-state index in [0.29, 0.717) is 0 Å². The number of carbonyl (C=O) groups is 1. The normalized spacial score (nSPS) is 9.47. The fourth-order valence-corrected chi connectivity index (χ4v) is 1.41. The van der Waals surface area contributed by atoms with Gasteiger partial charge in [-0.2, -0.15) is 5.26 Å². The predicted octanol–water partition coefficient (Wildman–Crippen LogP) is 1.90. The number of nitriles is 1. The van der Waals surface area contributed by atoms with Gasteiger partial charge in [-0.15, -0.1) is 11.6 Å². The summed E-state index contributed by atoms with van der Waals surface area (Å²) in [6, 6.07) is 3.90. The van der Waals surface area contributed by atoms with Gasteiger partial charge >= 0.3 is 0 Å². The van der Waals surface area contributed by atoms with Gasteiger partial charge in [0.25, 0.3) is 5.69 Å². The molecule has 0 aliphatic heterocycles. The Morgan fingerprint density at radius 3 is 2.71 bits per heavy atom. The van der Waals surface area contributed by atoms with Crippen molar-refractivity contribution in [3.05, 3.63) is 33.4 Å². The Morgan fingerprint density at radius 2 is 2.29 bits per heavy atom. The summed E-state index contributed by atoms with van der Waals surface area (Å²) >= 11 is 5.35. The molecule has 0 spiro atoms. The van der Waals surface area contributed by atoms with E-state index in [2.05, 4.69) is 0 Å². The smallest absolute Gasteiger partial charge is 0.281 e. The van der Waals surface area contributed by atoms with Crippen molar-refractivity contribution in [2.45, 2.75) is 0 Å². The lowest BCUT2D eigenvalue weighted by molar-refractivity contribution is -0.385. The second-order valence-electron chi connectivity index (χ2n) is 3.00. The number of rotatable bonds is 4. The van der Waals surface area contributed by atoms with Gasteiger partial charge in [-0.05, 0) is 6.07 Å². The Bertz CT molecular complexity index is 522. The summed E-state index contributed by atoms with van der Waals surface area (Å²) in [6.07, 6.45) is 0. The van der Waals surface area contributed by atoms with Crippen molar-refractivity contribution in [3.8, 4) is 11.8 Å². The maximum absolute atomic E-state index is 11.4. The zero-order valence-electron chi connectivity index (χ0n) is 8.77. The van der Waals surface area contributed by atoms with Crippen LogP contribution in [0.5, 0.6) is 5.75 Å². The van der Waals surface area contributed by atoms with Gasteiger partial charge in [0.15, 0.2) is 5.78 Å². The summed E-state index contributed by atoms with van der Waals surface area (Å²) in [6.45, 7) is 0. The Morgan fingerprint density at radius 1 is 1.65 bits per heavy atom. The van der Waals surface area contributed by atoms with E-state index in [1.165, 1.54) is 7.11 Å². The van der Waals surface area contributed by atoms with E-state index < -0.39 is 16.4 Å². The number of nitrogens with zero attached hydrogens (tertiary/aromatic N) is 2. The molecular weight excluding hydrogens is 248 g/mol. The van der Waals surface area contributed by atoms with E-state index in [4.69, 9.17) is 21.6 Å². The zero-order chi connectivity index (χ0) is 13.0. The Balaban J connectivity index is 3.52. The number of alkyl halides is 1. The molecule has 0 amide bonds. The fourth-order valence-electron chi connectivity index (χ4n) is 1.27. The molecule has 0 aliphatic carbocycles. The minimum absolute atomic E-state index is 0.00896. The van der Waals surface area contributed by atoms with Crippen LogP contribution in [0, 0.1) is 21.4 Å². The molecular formula is C10H7ClN2O4. The standard InChI is InChI=1S/C10H7ClN2O4/c1-17-10-3-7(9(14)4-11)8(13(15)16)2-6(10)5-12/h2-3H,4H2,1H3. The molecule has 0 saturated heterocycles. The van der Waals surface area contributed by atoms with E-state index in [1.54, 1.807) is 6.07 Å². The summed E-state index contributed by atoms with van der Waals surface area (Å²) in [4.78, 5) is 21.5. The van der Waals surface area contributed by atoms with Gasteiger partial charge in [-0.1, -0.05) is 0 Å². The Labute approximate surface area is 102 Å². The zero-order valence-corrected chi connectivity index (χ0v) is 9.52. The van der Waals surface area contributed by atoms with Crippen molar-refractivity contribution >= 4 is 23.1 Å². The van der Waals surface area contributed by atoms with Crippen LogP contribution in [0.2, 0.25) is 0 Å². The number of benzene rings is 1.